The number of hydrogen-bond acceptors (Lipinski definition) is 10. The van der Waals surface area contributed by atoms with Gasteiger partial charge in [0.2, 0.25) is 11.7 Å². The molecule has 0 radical (unpaired) electrons. The van der Waals surface area contributed by atoms with Crippen LogP contribution in [-0.2, 0) is 44.7 Å². The zero-order valence-electron chi connectivity index (χ0n) is 26.6. The molecule has 11 nitrogen and oxygen atoms in total. The van der Waals surface area contributed by atoms with Crippen molar-refractivity contribution in [3.8, 4) is 5.75 Å². The van der Waals surface area contributed by atoms with Crippen molar-refractivity contribution in [1.29, 1.82) is 0 Å². The average Bonchev–Trinajstić information content (AvgIpc) is 3.29. The molecule has 3 N–H and O–H groups in total. The Kier molecular flexibility index (Phi) is 9.28. The molecule has 3 fully saturated rings. The van der Waals surface area contributed by atoms with Crippen molar-refractivity contribution in [2.75, 3.05) is 13.7 Å². The van der Waals surface area contributed by atoms with E-state index in [0.29, 0.717) is 24.8 Å². The molecule has 4 aliphatic rings. The summed E-state index contributed by atoms with van der Waals surface area (Å²) in [6, 6.07) is 5.11. The Morgan fingerprint density at radius 3 is 2.43 bits per heavy atom. The van der Waals surface area contributed by atoms with Gasteiger partial charge in [-0.3, -0.25) is 24.0 Å². The van der Waals surface area contributed by atoms with Crippen molar-refractivity contribution in [3.63, 3.8) is 0 Å². The first-order valence-corrected chi connectivity index (χ1v) is 16.0. The number of phenolic OH excluding ortho intramolecular Hbond substituents is 1. The molecule has 0 bridgehead atoms. The van der Waals surface area contributed by atoms with Crippen LogP contribution in [0.5, 0.6) is 5.75 Å². The van der Waals surface area contributed by atoms with Gasteiger partial charge in [-0.25, -0.2) is 4.79 Å². The second-order valence-corrected chi connectivity index (χ2v) is 13.9. The number of aromatic hydroxyl groups is 1. The number of nitrogens with one attached hydrogen (secondary N) is 1. The highest BCUT2D eigenvalue weighted by atomic mass is 16.5. The third kappa shape index (κ3) is 6.01. The van der Waals surface area contributed by atoms with E-state index in [9.17, 15) is 39.0 Å². The molecule has 0 saturated heterocycles. The molecule has 7 atom stereocenters. The molecule has 0 aromatic heterocycles. The second-order valence-electron chi connectivity index (χ2n) is 13.9. The van der Waals surface area contributed by atoms with Gasteiger partial charge in [0.05, 0.1) is 13.5 Å². The Labute approximate surface area is 268 Å². The molecule has 1 aromatic rings. The van der Waals surface area contributed by atoms with Gasteiger partial charge in [0.25, 0.3) is 0 Å². The quantitative estimate of drug-likeness (QED) is 0.324. The van der Waals surface area contributed by atoms with Crippen LogP contribution in [0.4, 0.5) is 0 Å². The topological polar surface area (TPSA) is 173 Å². The van der Waals surface area contributed by atoms with E-state index >= 15 is 0 Å². The number of phenols is 1. The van der Waals surface area contributed by atoms with Crippen LogP contribution >= 0.6 is 0 Å². The van der Waals surface area contributed by atoms with Crippen molar-refractivity contribution < 1.29 is 48.5 Å². The Balaban J connectivity index is 1.16. The minimum atomic E-state index is -1.84. The highest BCUT2D eigenvalue weighted by molar-refractivity contribution is 5.95. The lowest BCUT2D eigenvalue weighted by Gasteiger charge is -2.57. The van der Waals surface area contributed by atoms with Crippen LogP contribution in [0.3, 0.4) is 0 Å². The molecule has 4 aliphatic carbocycles. The number of ketones is 3. The molecule has 0 spiro atoms. The number of carbonyl (C=O) groups is 6. The van der Waals surface area contributed by atoms with E-state index in [1.807, 2.05) is 0 Å². The Bertz CT molecular complexity index is 1470. The van der Waals surface area contributed by atoms with Gasteiger partial charge in [-0.15, -0.1) is 0 Å². The molecule has 3 saturated carbocycles. The third-order valence-electron chi connectivity index (χ3n) is 11.4. The maximum absolute atomic E-state index is 13.8. The SMILES string of the molecule is COC(=O)C(Cc1ccc(O)cc1)NC(=O)CCC(=O)OCC(=O)[C@@]1(O)CC[C@H]2[C@@H]3CCC4=CC(=O)CC[C@]4(C)[C@H]3C(=O)C[C@@]21C. The normalized spacial score (nSPS) is 32.3. The number of hydrogen-bond donors (Lipinski definition) is 3. The van der Waals surface area contributed by atoms with Gasteiger partial charge in [0.15, 0.2) is 12.4 Å². The van der Waals surface area contributed by atoms with Crippen molar-refractivity contribution in [1.82, 2.24) is 5.32 Å². The molecule has 0 aliphatic heterocycles. The number of esters is 2. The first kappa shape index (κ1) is 33.5. The maximum Gasteiger partial charge on any atom is 0.328 e. The smallest absolute Gasteiger partial charge is 0.328 e. The van der Waals surface area contributed by atoms with Crippen molar-refractivity contribution in [3.05, 3.63) is 41.5 Å². The van der Waals surface area contributed by atoms with Crippen LogP contribution in [0.25, 0.3) is 0 Å². The standard InChI is InChI=1S/C35H43NO10/c1-33-14-12-23(38)17-21(33)6-9-24-25-13-15-35(44,34(25,2)18-27(39)31(24)33)28(40)19-46-30(42)11-10-29(41)36-26(32(43)45-3)16-20-4-7-22(37)8-5-20/h4-5,7-8,17,24-26,31,37,44H,6,9-16,18-19H2,1-3H3,(H,36,41)/t24-,25-,26?,31+,33-,34-,35-/m0/s1. The minimum absolute atomic E-state index is 0.00709. The van der Waals surface area contributed by atoms with Gasteiger partial charge < -0.3 is 25.0 Å². The fourth-order valence-corrected chi connectivity index (χ4v) is 8.87. The summed E-state index contributed by atoms with van der Waals surface area (Å²) in [4.78, 5) is 76.7. The highest BCUT2D eigenvalue weighted by Crippen LogP contribution is 2.66. The second kappa shape index (κ2) is 12.7. The molecular formula is C35H43NO10. The molecule has 248 valence electrons. The lowest BCUT2D eigenvalue weighted by molar-refractivity contribution is -0.173. The monoisotopic (exact) mass is 637 g/mol. The summed E-state index contributed by atoms with van der Waals surface area (Å²) in [5, 5.41) is 23.8. The van der Waals surface area contributed by atoms with Crippen LogP contribution in [0, 0.1) is 28.6 Å². The number of aliphatic hydroxyl groups is 1. The summed E-state index contributed by atoms with van der Waals surface area (Å²) in [6.07, 6.45) is 4.43. The van der Waals surface area contributed by atoms with Crippen LogP contribution in [0.1, 0.15) is 77.2 Å². The van der Waals surface area contributed by atoms with E-state index in [4.69, 9.17) is 9.47 Å². The number of ether oxygens (including phenoxy) is 2. The molecule has 5 rings (SSSR count). The van der Waals surface area contributed by atoms with Gasteiger partial charge in [-0.05, 0) is 73.1 Å². The number of carbonyl (C=O) groups excluding carboxylic acids is 6. The summed E-state index contributed by atoms with van der Waals surface area (Å²) in [5.41, 5.74) is -1.50. The van der Waals surface area contributed by atoms with Gasteiger partial charge in [0, 0.05) is 37.0 Å². The van der Waals surface area contributed by atoms with E-state index in [2.05, 4.69) is 12.2 Å². The zero-order chi connectivity index (χ0) is 33.4. The molecule has 46 heavy (non-hydrogen) atoms. The fraction of sp³-hybridized carbons (Fsp3) is 0.600. The van der Waals surface area contributed by atoms with Crippen LogP contribution in [-0.4, -0.2) is 70.8 Å². The minimum Gasteiger partial charge on any atom is -0.508 e. The molecular weight excluding hydrogens is 594 g/mol. The van der Waals surface area contributed by atoms with E-state index in [0.717, 1.165) is 18.4 Å². The summed E-state index contributed by atoms with van der Waals surface area (Å²) < 4.78 is 9.98. The summed E-state index contributed by atoms with van der Waals surface area (Å²) in [7, 11) is 1.19. The molecule has 1 unspecified atom stereocenters. The molecule has 11 heteroatoms. The average molecular weight is 638 g/mol. The summed E-state index contributed by atoms with van der Waals surface area (Å²) in [6.45, 7) is 3.21. The third-order valence-corrected chi connectivity index (χ3v) is 11.4. The number of fused-ring (bicyclic) bond motifs is 5. The lowest BCUT2D eigenvalue weighted by Crippen LogP contribution is -2.61. The number of allylic oxidation sites excluding steroid dienone is 1. The lowest BCUT2D eigenvalue weighted by atomic mass is 9.46. The first-order chi connectivity index (χ1) is 21.7. The number of Topliss-reactive ketones (excluding diaryl/α,β-unsaturated/α-hetero) is 2. The van der Waals surface area contributed by atoms with E-state index in [1.54, 1.807) is 25.1 Å². The van der Waals surface area contributed by atoms with Crippen molar-refractivity contribution >= 4 is 35.2 Å². The van der Waals surface area contributed by atoms with E-state index in [-0.39, 0.29) is 72.6 Å². The molecule has 1 amide bonds. The predicted octanol–water partition coefficient (Wildman–Crippen LogP) is 2.93. The summed E-state index contributed by atoms with van der Waals surface area (Å²) >= 11 is 0. The van der Waals surface area contributed by atoms with Gasteiger partial charge in [-0.1, -0.05) is 31.6 Å². The van der Waals surface area contributed by atoms with Gasteiger partial charge in [-0.2, -0.15) is 0 Å². The largest absolute Gasteiger partial charge is 0.508 e. The van der Waals surface area contributed by atoms with Crippen LogP contribution in [0.2, 0.25) is 0 Å². The molecule has 0 heterocycles. The molecule has 1 aromatic carbocycles. The Hall–Kier alpha value is -3.86. The number of amides is 1. The van der Waals surface area contributed by atoms with E-state index < -0.39 is 47.3 Å². The fourth-order valence-electron chi connectivity index (χ4n) is 8.87. The summed E-state index contributed by atoms with van der Waals surface area (Å²) in [5.74, 6) is -2.90. The zero-order valence-corrected chi connectivity index (χ0v) is 26.6. The van der Waals surface area contributed by atoms with E-state index in [1.165, 1.54) is 19.2 Å². The van der Waals surface area contributed by atoms with Crippen LogP contribution in [0.15, 0.2) is 35.9 Å². The highest BCUT2D eigenvalue weighted by Gasteiger charge is 2.68. The van der Waals surface area contributed by atoms with Crippen LogP contribution < -0.4 is 5.32 Å². The Morgan fingerprint density at radius 1 is 1.02 bits per heavy atom. The first-order valence-electron chi connectivity index (χ1n) is 16.0. The number of benzene rings is 1. The van der Waals surface area contributed by atoms with Gasteiger partial charge in [0.1, 0.15) is 23.2 Å². The maximum atomic E-state index is 13.8. The Morgan fingerprint density at radius 2 is 1.74 bits per heavy atom. The number of methoxy groups -OCH3 is 1. The van der Waals surface area contributed by atoms with Crippen molar-refractivity contribution in [2.45, 2.75) is 89.7 Å². The van der Waals surface area contributed by atoms with Crippen molar-refractivity contribution in [2.24, 2.45) is 28.6 Å². The number of rotatable bonds is 10. The predicted molar refractivity (Wildman–Crippen MR) is 163 cm³/mol. The van der Waals surface area contributed by atoms with Gasteiger partial charge >= 0.3 is 11.9 Å².